The zero-order valence-electron chi connectivity index (χ0n) is 8.40. The van der Waals surface area contributed by atoms with Gasteiger partial charge in [0.2, 0.25) is 0 Å². The zero-order chi connectivity index (χ0) is 11.1. The van der Waals surface area contributed by atoms with E-state index in [4.69, 9.17) is 16.0 Å². The molecule has 16 heavy (non-hydrogen) atoms. The van der Waals surface area contributed by atoms with Crippen molar-refractivity contribution in [3.8, 4) is 11.3 Å². The third-order valence-corrected chi connectivity index (χ3v) is 3.25. The first-order valence-corrected chi connectivity index (χ1v) is 5.97. The van der Waals surface area contributed by atoms with Crippen LogP contribution in [0.5, 0.6) is 0 Å². The van der Waals surface area contributed by atoms with E-state index in [2.05, 4.69) is 9.97 Å². The number of thiazole rings is 1. The average Bonchev–Trinajstić information content (AvgIpc) is 2.81. The molecule has 3 nitrogen and oxygen atoms in total. The quantitative estimate of drug-likeness (QED) is 0.657. The molecular weight excluding hydrogens is 244 g/mol. The molecule has 0 saturated heterocycles. The highest BCUT2D eigenvalue weighted by molar-refractivity contribution is 7.14. The molecule has 0 amide bonds. The van der Waals surface area contributed by atoms with Crippen LogP contribution in [0.4, 0.5) is 0 Å². The Morgan fingerprint density at radius 1 is 1.31 bits per heavy atom. The topological polar surface area (TPSA) is 38.9 Å². The number of aryl methyl sites for hydroxylation is 1. The molecule has 0 radical (unpaired) electrons. The fourth-order valence-electron chi connectivity index (χ4n) is 1.59. The Hall–Kier alpha value is -1.39. The molecule has 0 aliphatic heterocycles. The van der Waals surface area contributed by atoms with Crippen molar-refractivity contribution < 1.29 is 4.42 Å². The second kappa shape index (κ2) is 3.57. The van der Waals surface area contributed by atoms with Gasteiger partial charge in [0.05, 0.1) is 5.69 Å². The third-order valence-electron chi connectivity index (χ3n) is 2.27. The van der Waals surface area contributed by atoms with Crippen LogP contribution >= 0.6 is 22.9 Å². The van der Waals surface area contributed by atoms with Gasteiger partial charge >= 0.3 is 0 Å². The van der Waals surface area contributed by atoms with Crippen LogP contribution in [-0.4, -0.2) is 9.97 Å². The summed E-state index contributed by atoms with van der Waals surface area (Å²) in [5, 5.41) is 1.93. The molecule has 5 heteroatoms. The fraction of sp³-hybridized carbons (Fsp3) is 0.0909. The van der Waals surface area contributed by atoms with Crippen molar-refractivity contribution in [2.24, 2.45) is 0 Å². The van der Waals surface area contributed by atoms with Crippen LogP contribution < -0.4 is 0 Å². The lowest BCUT2D eigenvalue weighted by Crippen LogP contribution is -1.77. The predicted octanol–water partition coefficient (Wildman–Crippen LogP) is 3.91. The first kappa shape index (κ1) is 9.81. The average molecular weight is 251 g/mol. The molecule has 2 aromatic heterocycles. The number of halogens is 1. The summed E-state index contributed by atoms with van der Waals surface area (Å²) >= 11 is 7.23. The van der Waals surface area contributed by atoms with Crippen LogP contribution in [0.1, 0.15) is 5.89 Å². The summed E-state index contributed by atoms with van der Waals surface area (Å²) in [6.07, 6.45) is 0. The van der Waals surface area contributed by atoms with Crippen molar-refractivity contribution in [3.05, 3.63) is 33.9 Å². The number of nitrogens with zero attached hydrogens (tertiary/aromatic N) is 2. The molecule has 0 spiro atoms. The Bertz CT molecular complexity index is 659. The molecule has 2 heterocycles. The Balaban J connectivity index is 2.17. The van der Waals surface area contributed by atoms with Gasteiger partial charge in [0.1, 0.15) is 5.52 Å². The van der Waals surface area contributed by atoms with Gasteiger partial charge in [0, 0.05) is 17.9 Å². The van der Waals surface area contributed by atoms with Crippen molar-refractivity contribution in [2.45, 2.75) is 6.92 Å². The maximum absolute atomic E-state index is 5.81. The highest BCUT2D eigenvalue weighted by atomic mass is 35.5. The summed E-state index contributed by atoms with van der Waals surface area (Å²) < 4.78 is 5.96. The molecule has 0 saturated carbocycles. The van der Waals surface area contributed by atoms with Gasteiger partial charge in [0.15, 0.2) is 15.9 Å². The van der Waals surface area contributed by atoms with Crippen LogP contribution in [-0.2, 0) is 0 Å². The Morgan fingerprint density at radius 2 is 2.19 bits per heavy atom. The normalized spacial score (nSPS) is 11.1. The van der Waals surface area contributed by atoms with Gasteiger partial charge in [-0.05, 0) is 18.2 Å². The van der Waals surface area contributed by atoms with Crippen LogP contribution in [0.2, 0.25) is 4.47 Å². The number of benzene rings is 1. The number of hydrogen-bond donors (Lipinski definition) is 0. The number of oxazole rings is 1. The van der Waals surface area contributed by atoms with Gasteiger partial charge in [0.25, 0.3) is 0 Å². The smallest absolute Gasteiger partial charge is 0.192 e. The third kappa shape index (κ3) is 1.60. The maximum Gasteiger partial charge on any atom is 0.192 e. The molecular formula is C11H7ClN2OS. The highest BCUT2D eigenvalue weighted by Gasteiger charge is 2.07. The second-order valence-electron chi connectivity index (χ2n) is 3.40. The SMILES string of the molecule is Cc1nc2cc(-c3csc(Cl)n3)ccc2o1. The van der Waals surface area contributed by atoms with Crippen LogP contribution in [0.25, 0.3) is 22.4 Å². The summed E-state index contributed by atoms with van der Waals surface area (Å²) in [6, 6.07) is 5.81. The Morgan fingerprint density at radius 3 is 2.94 bits per heavy atom. The summed E-state index contributed by atoms with van der Waals surface area (Å²) in [6.45, 7) is 1.83. The fourth-order valence-corrected chi connectivity index (χ4v) is 2.36. The Kier molecular flexibility index (Phi) is 2.19. The van der Waals surface area contributed by atoms with Crippen molar-refractivity contribution in [1.82, 2.24) is 9.97 Å². The molecule has 1 aromatic carbocycles. The molecule has 80 valence electrons. The summed E-state index contributed by atoms with van der Waals surface area (Å²) in [5.41, 5.74) is 3.52. The molecule has 0 fully saturated rings. The molecule has 3 aromatic rings. The molecule has 3 rings (SSSR count). The van der Waals surface area contributed by atoms with Crippen molar-refractivity contribution in [3.63, 3.8) is 0 Å². The summed E-state index contributed by atoms with van der Waals surface area (Å²) in [4.78, 5) is 8.50. The van der Waals surface area contributed by atoms with E-state index >= 15 is 0 Å². The van der Waals surface area contributed by atoms with Gasteiger partial charge < -0.3 is 4.42 Å². The van der Waals surface area contributed by atoms with E-state index in [1.807, 2.05) is 30.5 Å². The van der Waals surface area contributed by atoms with E-state index < -0.39 is 0 Å². The van der Waals surface area contributed by atoms with E-state index in [9.17, 15) is 0 Å². The lowest BCUT2D eigenvalue weighted by atomic mass is 10.1. The largest absolute Gasteiger partial charge is 0.441 e. The van der Waals surface area contributed by atoms with Gasteiger partial charge in [-0.1, -0.05) is 11.6 Å². The summed E-state index contributed by atoms with van der Waals surface area (Å²) in [7, 11) is 0. The van der Waals surface area contributed by atoms with Gasteiger partial charge in [-0.25, -0.2) is 9.97 Å². The van der Waals surface area contributed by atoms with Gasteiger partial charge in [-0.3, -0.25) is 0 Å². The highest BCUT2D eigenvalue weighted by Crippen LogP contribution is 2.27. The first-order valence-electron chi connectivity index (χ1n) is 4.71. The maximum atomic E-state index is 5.81. The number of aromatic nitrogens is 2. The standard InChI is InChI=1S/C11H7ClN2OS/c1-6-13-8-4-7(2-3-10(8)15-6)9-5-16-11(12)14-9/h2-5H,1H3. The van der Waals surface area contributed by atoms with Crippen molar-refractivity contribution in [2.75, 3.05) is 0 Å². The van der Waals surface area contributed by atoms with Gasteiger partial charge in [-0.15, -0.1) is 11.3 Å². The zero-order valence-corrected chi connectivity index (χ0v) is 9.97. The molecule has 0 aliphatic carbocycles. The molecule has 0 bridgehead atoms. The van der Waals surface area contributed by atoms with E-state index in [1.54, 1.807) is 0 Å². The van der Waals surface area contributed by atoms with E-state index in [0.29, 0.717) is 10.4 Å². The lowest BCUT2D eigenvalue weighted by molar-refractivity contribution is 0.561. The molecule has 0 atom stereocenters. The van der Waals surface area contributed by atoms with E-state index in [0.717, 1.165) is 22.4 Å². The van der Waals surface area contributed by atoms with Crippen molar-refractivity contribution >= 4 is 34.0 Å². The Labute approximate surface area is 101 Å². The minimum absolute atomic E-state index is 0.548. The predicted molar refractivity (Wildman–Crippen MR) is 64.9 cm³/mol. The van der Waals surface area contributed by atoms with Crippen LogP contribution in [0.15, 0.2) is 28.0 Å². The molecule has 0 unspecified atom stereocenters. The van der Waals surface area contributed by atoms with E-state index in [-0.39, 0.29) is 0 Å². The minimum Gasteiger partial charge on any atom is -0.441 e. The number of rotatable bonds is 1. The second-order valence-corrected chi connectivity index (χ2v) is 4.84. The monoisotopic (exact) mass is 250 g/mol. The van der Waals surface area contributed by atoms with E-state index in [1.165, 1.54) is 11.3 Å². The number of hydrogen-bond acceptors (Lipinski definition) is 4. The van der Waals surface area contributed by atoms with Crippen LogP contribution in [0, 0.1) is 6.92 Å². The number of fused-ring (bicyclic) bond motifs is 1. The molecule has 0 aliphatic rings. The lowest BCUT2D eigenvalue weighted by Gasteiger charge is -1.94. The first-order chi connectivity index (χ1) is 7.72. The minimum atomic E-state index is 0.548. The van der Waals surface area contributed by atoms with Gasteiger partial charge in [-0.2, -0.15) is 0 Å². The summed E-state index contributed by atoms with van der Waals surface area (Å²) in [5.74, 6) is 0.670. The molecule has 0 N–H and O–H groups in total. The van der Waals surface area contributed by atoms with Crippen LogP contribution in [0.3, 0.4) is 0 Å². The van der Waals surface area contributed by atoms with Crippen molar-refractivity contribution in [1.29, 1.82) is 0 Å².